The largest absolute Gasteiger partial charge is 0.488 e. The number of furan rings is 2. The Morgan fingerprint density at radius 3 is 1.52 bits per heavy atom. The quantitative estimate of drug-likeness (QED) is 0.0385. The van der Waals surface area contributed by atoms with E-state index in [1.807, 2.05) is 0 Å². The highest BCUT2D eigenvalue weighted by atomic mass is 16.5. The van der Waals surface area contributed by atoms with E-state index < -0.39 is 0 Å². The Kier molecular flexibility index (Phi) is 20.0. The van der Waals surface area contributed by atoms with Crippen LogP contribution in [0, 0.1) is 0 Å². The summed E-state index contributed by atoms with van der Waals surface area (Å²) in [4.78, 5) is 0. The van der Waals surface area contributed by atoms with Crippen molar-refractivity contribution < 1.29 is 13.6 Å². The van der Waals surface area contributed by atoms with Gasteiger partial charge in [-0.15, -0.1) is 0 Å². The lowest BCUT2D eigenvalue weighted by molar-refractivity contribution is 0.302. The number of fused-ring (bicyclic) bond motifs is 25. The number of hydrogen-bond donors (Lipinski definition) is 0. The molecule has 3 heteroatoms. The van der Waals surface area contributed by atoms with Crippen LogP contribution in [0.1, 0.15) is 314 Å². The maximum Gasteiger partial charge on any atom is 0.144 e. The van der Waals surface area contributed by atoms with Gasteiger partial charge in [-0.3, -0.25) is 0 Å². The van der Waals surface area contributed by atoms with Crippen LogP contribution in [0.4, 0.5) is 0 Å². The molecule has 10 aromatic carbocycles. The van der Waals surface area contributed by atoms with Crippen LogP contribution in [0.2, 0.25) is 0 Å². The Hall–Kier alpha value is -8.40. The third kappa shape index (κ3) is 12.3. The molecule has 0 saturated heterocycles. The Morgan fingerprint density at radius 2 is 0.841 bits per heavy atom. The lowest BCUT2D eigenvalue weighted by Crippen LogP contribution is -2.27. The molecule has 0 N–H and O–H groups in total. The van der Waals surface area contributed by atoms with Crippen LogP contribution in [0.3, 0.4) is 0 Å². The van der Waals surface area contributed by atoms with Gasteiger partial charge in [-0.2, -0.15) is 0 Å². The number of para-hydroxylation sites is 3. The highest BCUT2D eigenvalue weighted by molar-refractivity contribution is 6.21. The van der Waals surface area contributed by atoms with E-state index in [-0.39, 0.29) is 27.6 Å². The minimum absolute atomic E-state index is 0.0830. The van der Waals surface area contributed by atoms with Crippen LogP contribution in [0.5, 0.6) is 5.75 Å². The molecule has 12 aromatic rings. The first-order chi connectivity index (χ1) is 52.4. The van der Waals surface area contributed by atoms with Crippen molar-refractivity contribution in [1.29, 1.82) is 0 Å². The first-order valence-electron chi connectivity index (χ1n) is 42.8. The van der Waals surface area contributed by atoms with Gasteiger partial charge >= 0.3 is 0 Å². The molecule has 3 nitrogen and oxygen atoms in total. The van der Waals surface area contributed by atoms with Crippen molar-refractivity contribution in [3.05, 3.63) is 243 Å². The third-order valence-electron chi connectivity index (χ3n) is 27.4. The van der Waals surface area contributed by atoms with Crippen molar-refractivity contribution in [2.75, 3.05) is 0 Å². The van der Waals surface area contributed by atoms with Crippen molar-refractivity contribution in [2.45, 2.75) is 282 Å². The van der Waals surface area contributed by atoms with Crippen LogP contribution in [0.15, 0.2) is 185 Å². The molecule has 5 aliphatic rings. The molecular weight excluding hydrogens is 1300 g/mol. The molecule has 17 rings (SSSR count). The lowest BCUT2D eigenvalue weighted by atomic mass is 9.68. The summed E-state index contributed by atoms with van der Waals surface area (Å²) < 4.78 is 20.5. The molecule has 0 bridgehead atoms. The molecule has 107 heavy (non-hydrogen) atoms. The summed E-state index contributed by atoms with van der Waals surface area (Å²) in [5.41, 5.74) is 35.1. The second kappa shape index (κ2) is 29.9. The van der Waals surface area contributed by atoms with Crippen molar-refractivity contribution in [3.63, 3.8) is 0 Å². The summed E-state index contributed by atoms with van der Waals surface area (Å²) in [5, 5.41) is 4.87. The number of ether oxygens (including phenoxy) is 1. The van der Waals surface area contributed by atoms with Gasteiger partial charge in [0, 0.05) is 65.8 Å². The van der Waals surface area contributed by atoms with E-state index in [2.05, 4.69) is 231 Å². The standard InChI is InChI=1S/C104H116O3/c1-9-13-17-21-25-37-59-103(60-38-26-22-18-14-10-2)84-57-52-72-68-105-89-46-34-31-43-78(89)93(72)94(84)82-67-87-80(66-88(82)103)74-56-51-71(65-86(74)104(87,61-39-27-23-19-15-11-3)62-40-28-24-20-16-12-4)73(70-53-58-92-81(64-70)75-41-30-35-47-90(75)106-92)54-49-69-50-55-77-85(63-69)102(7,8)98-95(77)96-79-44-32-36-48-91(79)107-100(96)97-76-42-29-33-45-83(76)101(5,6)99(97)98/h29-36,41-48,50-53,55-58,63-67,73H,9-28,37-40,49,54,59-62,68H2,1-8H3. The third-order valence-corrected chi connectivity index (χ3v) is 27.4. The maximum atomic E-state index is 7.11. The zero-order chi connectivity index (χ0) is 73.0. The molecule has 1 aliphatic heterocycles. The minimum atomic E-state index is -0.267. The zero-order valence-corrected chi connectivity index (χ0v) is 66.0. The van der Waals surface area contributed by atoms with Crippen LogP contribution in [-0.2, 0) is 34.7 Å². The van der Waals surface area contributed by atoms with Gasteiger partial charge in [-0.25, -0.2) is 0 Å². The summed E-state index contributed by atoms with van der Waals surface area (Å²) >= 11 is 0. The lowest BCUT2D eigenvalue weighted by Gasteiger charge is -2.35. The van der Waals surface area contributed by atoms with Crippen molar-refractivity contribution in [3.8, 4) is 61.4 Å². The van der Waals surface area contributed by atoms with Gasteiger partial charge in [0.25, 0.3) is 0 Å². The second-order valence-electron chi connectivity index (χ2n) is 34.7. The molecule has 0 amide bonds. The van der Waals surface area contributed by atoms with Crippen molar-refractivity contribution in [1.82, 2.24) is 0 Å². The van der Waals surface area contributed by atoms with E-state index >= 15 is 0 Å². The molecule has 0 radical (unpaired) electrons. The topological polar surface area (TPSA) is 35.5 Å². The molecule has 0 saturated carbocycles. The van der Waals surface area contributed by atoms with Gasteiger partial charge in [0.1, 0.15) is 34.7 Å². The predicted octanol–water partition coefficient (Wildman–Crippen LogP) is 31.0. The smallest absolute Gasteiger partial charge is 0.144 e. The summed E-state index contributed by atoms with van der Waals surface area (Å²) in [6, 6.07) is 69.6. The van der Waals surface area contributed by atoms with E-state index in [1.54, 1.807) is 22.3 Å². The van der Waals surface area contributed by atoms with Gasteiger partial charge in [0.05, 0.1) is 0 Å². The summed E-state index contributed by atoms with van der Waals surface area (Å²) in [5.74, 6) is 1.15. The highest BCUT2D eigenvalue weighted by Crippen LogP contribution is 2.66. The Morgan fingerprint density at radius 1 is 0.336 bits per heavy atom. The maximum absolute atomic E-state index is 7.11. The molecule has 550 valence electrons. The fourth-order valence-corrected chi connectivity index (χ4v) is 21.9. The van der Waals surface area contributed by atoms with Crippen molar-refractivity contribution >= 4 is 43.9 Å². The van der Waals surface area contributed by atoms with Crippen LogP contribution in [0.25, 0.3) is 99.5 Å². The van der Waals surface area contributed by atoms with Crippen molar-refractivity contribution in [2.24, 2.45) is 0 Å². The number of aryl methyl sites for hydroxylation is 1. The Bertz CT molecular complexity index is 5250. The van der Waals surface area contributed by atoms with Crippen LogP contribution < -0.4 is 4.74 Å². The molecule has 2 aromatic heterocycles. The SMILES string of the molecule is CCCCCCCCC1(CCCCCCCC)c2cc(C(CCc3ccc4c(c3)C(C)(C)c3c5c(c6oc7ccccc7c6c3-4)-c3ccccc3C5(C)C)c3ccc4oc5ccccc5c4c3)ccc2-c2cc3c(cc21)-c1c(ccc2c1-c1ccccc1OC2)C3(CCCCCCCC)CCCCCCCC. The fraction of sp³-hybridized carbons (Fsp3) is 0.423. The summed E-state index contributed by atoms with van der Waals surface area (Å²) in [6.45, 7) is 20.0. The summed E-state index contributed by atoms with van der Waals surface area (Å²) in [7, 11) is 0. The highest BCUT2D eigenvalue weighted by Gasteiger charge is 2.51. The number of unbranched alkanes of at least 4 members (excludes halogenated alkanes) is 20. The van der Waals surface area contributed by atoms with Gasteiger partial charge in [-0.05, 0) is 187 Å². The minimum Gasteiger partial charge on any atom is -0.488 e. The van der Waals surface area contributed by atoms with Gasteiger partial charge < -0.3 is 13.6 Å². The average Bonchev–Trinajstić information content (AvgIpc) is 1.52. The molecule has 3 heterocycles. The Labute approximate surface area is 639 Å². The van der Waals surface area contributed by atoms with Crippen LogP contribution >= 0.6 is 0 Å². The first-order valence-corrected chi connectivity index (χ1v) is 42.8. The number of benzene rings is 10. The Balaban J connectivity index is 0.830. The number of rotatable bonds is 33. The van der Waals surface area contributed by atoms with E-state index in [9.17, 15) is 0 Å². The zero-order valence-electron chi connectivity index (χ0n) is 66.0. The molecule has 0 spiro atoms. The van der Waals surface area contributed by atoms with E-state index in [0.29, 0.717) is 6.61 Å². The fourth-order valence-electron chi connectivity index (χ4n) is 21.9. The van der Waals surface area contributed by atoms with Gasteiger partial charge in [0.2, 0.25) is 0 Å². The normalized spacial score (nSPS) is 15.6. The van der Waals surface area contributed by atoms with E-state index in [1.165, 1.54) is 301 Å². The average molecular weight is 1410 g/mol. The number of hydrogen-bond acceptors (Lipinski definition) is 3. The first kappa shape index (κ1) is 71.5. The second-order valence-corrected chi connectivity index (χ2v) is 34.7. The van der Waals surface area contributed by atoms with Gasteiger partial charge in [-0.1, -0.05) is 343 Å². The van der Waals surface area contributed by atoms with E-state index in [4.69, 9.17) is 13.6 Å². The predicted molar refractivity (Wildman–Crippen MR) is 453 cm³/mol. The summed E-state index contributed by atoms with van der Waals surface area (Å²) in [6.07, 6.45) is 37.8. The molecule has 1 unspecified atom stereocenters. The molecule has 4 aliphatic carbocycles. The van der Waals surface area contributed by atoms with E-state index in [0.717, 1.165) is 40.9 Å². The molecule has 0 fully saturated rings. The van der Waals surface area contributed by atoms with Gasteiger partial charge in [0.15, 0.2) is 0 Å². The monoisotopic (exact) mass is 1410 g/mol. The van der Waals surface area contributed by atoms with Crippen LogP contribution in [-0.4, -0.2) is 0 Å². The molecule has 1 atom stereocenters. The molecular formula is C104H116O3.